The lowest BCUT2D eigenvalue weighted by atomic mass is 10.3. The number of H-pyrrole nitrogens is 1. The summed E-state index contributed by atoms with van der Waals surface area (Å²) in [5, 5.41) is 28.0. The van der Waals surface area contributed by atoms with Gasteiger partial charge in [0.1, 0.15) is 6.10 Å². The zero-order chi connectivity index (χ0) is 13.4. The van der Waals surface area contributed by atoms with Crippen molar-refractivity contribution in [3.63, 3.8) is 0 Å². The molecule has 98 valence electrons. The van der Waals surface area contributed by atoms with Crippen LogP contribution in [0.5, 0.6) is 0 Å². The van der Waals surface area contributed by atoms with Crippen molar-refractivity contribution in [3.8, 4) is 0 Å². The van der Waals surface area contributed by atoms with Gasteiger partial charge in [-0.25, -0.2) is 4.79 Å². The molecule has 0 saturated carbocycles. The summed E-state index contributed by atoms with van der Waals surface area (Å²) >= 11 is 0. The predicted molar refractivity (Wildman–Crippen MR) is 59.3 cm³/mol. The van der Waals surface area contributed by atoms with Crippen LogP contribution in [0.4, 0.5) is 0 Å². The highest BCUT2D eigenvalue weighted by Crippen LogP contribution is 2.30. The number of aliphatic hydroxyl groups is 3. The normalized spacial score (nSPS) is 23.7. The van der Waals surface area contributed by atoms with E-state index in [2.05, 4.69) is 0 Å². The maximum atomic E-state index is 11.6. The minimum absolute atomic E-state index is 0.248. The van der Waals surface area contributed by atoms with Crippen LogP contribution in [0, 0.1) is 6.92 Å². The topological polar surface area (TPSA) is 125 Å². The highest BCUT2D eigenvalue weighted by molar-refractivity contribution is 5.15. The third-order valence-electron chi connectivity index (χ3n) is 2.66. The Morgan fingerprint density at radius 1 is 1.39 bits per heavy atom. The fourth-order valence-corrected chi connectivity index (χ4v) is 1.66. The first-order valence-corrected chi connectivity index (χ1v) is 5.16. The molecule has 0 aliphatic carbocycles. The summed E-state index contributed by atoms with van der Waals surface area (Å²) in [6.07, 6.45) is -1.14. The number of hydrogen-bond acceptors (Lipinski definition) is 6. The van der Waals surface area contributed by atoms with Crippen molar-refractivity contribution in [2.24, 2.45) is 0 Å². The van der Waals surface area contributed by atoms with Gasteiger partial charge in [0.25, 0.3) is 5.56 Å². The summed E-state index contributed by atoms with van der Waals surface area (Å²) in [6.45, 7) is 0.942. The van der Waals surface area contributed by atoms with Gasteiger partial charge in [-0.05, 0) is 6.92 Å². The number of aromatic amines is 1. The molecular weight excluding hydrogens is 244 g/mol. The van der Waals surface area contributed by atoms with E-state index in [4.69, 9.17) is 9.84 Å². The molecule has 4 N–H and O–H groups in total. The maximum absolute atomic E-state index is 11.6. The van der Waals surface area contributed by atoms with Crippen LogP contribution in [0.25, 0.3) is 0 Å². The van der Waals surface area contributed by atoms with Crippen LogP contribution in [-0.2, 0) is 4.74 Å². The predicted octanol–water partition coefficient (Wildman–Crippen LogP) is -0.938. The Morgan fingerprint density at radius 3 is 2.61 bits per heavy atom. The Kier molecular flexibility index (Phi) is 2.97. The SMILES string of the molecule is Cc1cn([C@@H]2O[C@H](CO)C(O)=C2O)c(=O)[nH]c1=O. The number of aliphatic hydroxyl groups excluding tert-OH is 3. The summed E-state index contributed by atoms with van der Waals surface area (Å²) in [7, 11) is 0. The molecule has 8 nitrogen and oxygen atoms in total. The van der Waals surface area contributed by atoms with Crippen LogP contribution in [-0.4, -0.2) is 37.6 Å². The minimum atomic E-state index is -1.26. The first-order valence-electron chi connectivity index (χ1n) is 5.16. The van der Waals surface area contributed by atoms with Crippen LogP contribution in [0.15, 0.2) is 27.3 Å². The molecular formula is C10H12N2O6. The molecule has 2 rings (SSSR count). The molecule has 1 aromatic heterocycles. The molecule has 1 aromatic rings. The molecule has 1 aliphatic heterocycles. The molecule has 8 heteroatoms. The van der Waals surface area contributed by atoms with E-state index in [9.17, 15) is 19.8 Å². The Bertz CT molecular complexity index is 614. The lowest BCUT2D eigenvalue weighted by Gasteiger charge is -2.15. The van der Waals surface area contributed by atoms with Crippen molar-refractivity contribution in [1.29, 1.82) is 0 Å². The van der Waals surface area contributed by atoms with Crippen LogP contribution in [0.2, 0.25) is 0 Å². The number of nitrogens with zero attached hydrogens (tertiary/aromatic N) is 1. The molecule has 0 saturated heterocycles. The average Bonchev–Trinajstić information content (AvgIpc) is 2.61. The second kappa shape index (κ2) is 4.31. The fraction of sp³-hybridized carbons (Fsp3) is 0.400. The third-order valence-corrected chi connectivity index (χ3v) is 2.66. The monoisotopic (exact) mass is 256 g/mol. The molecule has 0 bridgehead atoms. The number of hydrogen-bond donors (Lipinski definition) is 4. The molecule has 0 fully saturated rings. The van der Waals surface area contributed by atoms with Gasteiger partial charge < -0.3 is 20.1 Å². The van der Waals surface area contributed by atoms with Gasteiger partial charge in [-0.2, -0.15) is 0 Å². The molecule has 1 aliphatic rings. The van der Waals surface area contributed by atoms with Gasteiger partial charge in [0.05, 0.1) is 6.61 Å². The van der Waals surface area contributed by atoms with Gasteiger partial charge in [0.2, 0.25) is 0 Å². The van der Waals surface area contributed by atoms with Crippen molar-refractivity contribution in [1.82, 2.24) is 9.55 Å². The van der Waals surface area contributed by atoms with Crippen molar-refractivity contribution in [3.05, 3.63) is 44.1 Å². The summed E-state index contributed by atoms with van der Waals surface area (Å²) in [4.78, 5) is 24.8. The van der Waals surface area contributed by atoms with Crippen LogP contribution in [0.3, 0.4) is 0 Å². The molecule has 0 unspecified atom stereocenters. The van der Waals surface area contributed by atoms with E-state index in [1.807, 2.05) is 4.98 Å². The van der Waals surface area contributed by atoms with Crippen molar-refractivity contribution in [2.45, 2.75) is 19.3 Å². The highest BCUT2D eigenvalue weighted by Gasteiger charge is 2.36. The first-order chi connectivity index (χ1) is 8.45. The third kappa shape index (κ3) is 1.81. The number of ether oxygens (including phenoxy) is 1. The van der Waals surface area contributed by atoms with E-state index < -0.39 is 41.7 Å². The van der Waals surface area contributed by atoms with E-state index in [-0.39, 0.29) is 5.56 Å². The molecule has 2 atom stereocenters. The molecule has 2 heterocycles. The first kappa shape index (κ1) is 12.4. The minimum Gasteiger partial charge on any atom is -0.506 e. The molecule has 0 radical (unpaired) electrons. The standard InChI is InChI=1S/C10H12N2O6/c1-4-2-12(10(17)11-8(4)16)9-7(15)6(14)5(3-13)18-9/h2,5,9,13-15H,3H2,1H3,(H,11,16,17)/t5-,9-/m1/s1. The summed E-state index contributed by atoms with van der Waals surface area (Å²) < 4.78 is 6.04. The number of aryl methyl sites for hydroxylation is 1. The zero-order valence-corrected chi connectivity index (χ0v) is 9.45. The lowest BCUT2D eigenvalue weighted by molar-refractivity contribution is -0.0369. The maximum Gasteiger partial charge on any atom is 0.330 e. The summed E-state index contributed by atoms with van der Waals surface area (Å²) in [5.74, 6) is -1.10. The van der Waals surface area contributed by atoms with E-state index in [0.29, 0.717) is 0 Å². The largest absolute Gasteiger partial charge is 0.506 e. The smallest absolute Gasteiger partial charge is 0.330 e. The Balaban J connectivity index is 2.50. The van der Waals surface area contributed by atoms with Gasteiger partial charge in [0.15, 0.2) is 17.7 Å². The summed E-state index contributed by atoms with van der Waals surface area (Å²) in [5.41, 5.74) is -1.08. The van der Waals surface area contributed by atoms with E-state index in [1.54, 1.807) is 0 Å². The quantitative estimate of drug-likeness (QED) is 0.541. The van der Waals surface area contributed by atoms with Crippen LogP contribution < -0.4 is 11.2 Å². The second-order valence-corrected chi connectivity index (χ2v) is 3.91. The van der Waals surface area contributed by atoms with Crippen molar-refractivity contribution in [2.75, 3.05) is 6.61 Å². The molecule has 18 heavy (non-hydrogen) atoms. The Hall–Kier alpha value is -2.06. The van der Waals surface area contributed by atoms with Gasteiger partial charge >= 0.3 is 5.69 Å². The van der Waals surface area contributed by atoms with Crippen molar-refractivity contribution < 1.29 is 20.1 Å². The lowest BCUT2D eigenvalue weighted by Crippen LogP contribution is -2.34. The Labute approximate surface area is 100 Å². The Morgan fingerprint density at radius 2 is 2.06 bits per heavy atom. The average molecular weight is 256 g/mol. The van der Waals surface area contributed by atoms with Gasteiger partial charge in [-0.15, -0.1) is 0 Å². The van der Waals surface area contributed by atoms with E-state index in [1.165, 1.54) is 13.1 Å². The number of nitrogens with one attached hydrogen (secondary N) is 1. The van der Waals surface area contributed by atoms with E-state index in [0.717, 1.165) is 4.57 Å². The van der Waals surface area contributed by atoms with Gasteiger partial charge in [-0.3, -0.25) is 14.3 Å². The highest BCUT2D eigenvalue weighted by atomic mass is 16.6. The van der Waals surface area contributed by atoms with Crippen molar-refractivity contribution >= 4 is 0 Å². The number of aromatic nitrogens is 2. The van der Waals surface area contributed by atoms with Gasteiger partial charge in [0, 0.05) is 11.8 Å². The molecule has 0 aromatic carbocycles. The van der Waals surface area contributed by atoms with Gasteiger partial charge in [-0.1, -0.05) is 0 Å². The summed E-state index contributed by atoms with van der Waals surface area (Å²) in [6, 6.07) is 0. The fourth-order valence-electron chi connectivity index (χ4n) is 1.66. The molecule has 0 amide bonds. The van der Waals surface area contributed by atoms with Crippen LogP contribution in [0.1, 0.15) is 11.8 Å². The van der Waals surface area contributed by atoms with Crippen LogP contribution >= 0.6 is 0 Å². The zero-order valence-electron chi connectivity index (χ0n) is 9.45. The van der Waals surface area contributed by atoms with E-state index >= 15 is 0 Å². The second-order valence-electron chi connectivity index (χ2n) is 3.91. The molecule has 0 spiro atoms. The number of rotatable bonds is 2.